The number of halogens is 2. The van der Waals surface area contributed by atoms with Crippen LogP contribution in [0.2, 0.25) is 5.02 Å². The number of benzene rings is 2. The number of hydrogen-bond donors (Lipinski definition) is 0. The first kappa shape index (κ1) is 25.1. The van der Waals surface area contributed by atoms with Gasteiger partial charge in [-0.25, -0.2) is 0 Å². The summed E-state index contributed by atoms with van der Waals surface area (Å²) in [5, 5.41) is 4.88. The van der Waals surface area contributed by atoms with Crippen molar-refractivity contribution >= 4 is 62.8 Å². The van der Waals surface area contributed by atoms with Gasteiger partial charge in [-0.15, -0.1) is 11.3 Å². The van der Waals surface area contributed by atoms with Gasteiger partial charge in [-0.05, 0) is 25.1 Å². The highest BCUT2D eigenvalue weighted by Crippen LogP contribution is 2.46. The molecule has 1 atom stereocenters. The van der Waals surface area contributed by atoms with Crippen molar-refractivity contribution in [2.45, 2.75) is 31.3 Å². The third kappa shape index (κ3) is 4.48. The second-order valence-electron chi connectivity index (χ2n) is 7.78. The zero-order valence-electron chi connectivity index (χ0n) is 18.9. The van der Waals surface area contributed by atoms with Gasteiger partial charge in [0.2, 0.25) is 0 Å². The molecule has 176 valence electrons. The number of fused-ring (bicyclic) bond motifs is 1. The quantitative estimate of drug-likeness (QED) is 0.364. The summed E-state index contributed by atoms with van der Waals surface area (Å²) in [6.45, 7) is 4.85. The van der Waals surface area contributed by atoms with Gasteiger partial charge in [0.25, 0.3) is 10.6 Å². The molecular formula is C25H23Cl2N3OS3. The minimum absolute atomic E-state index is 0. The van der Waals surface area contributed by atoms with Crippen LogP contribution in [0, 0.1) is 0 Å². The first-order valence-electron chi connectivity index (χ1n) is 10.7. The predicted molar refractivity (Wildman–Crippen MR) is 141 cm³/mol. The summed E-state index contributed by atoms with van der Waals surface area (Å²) in [5.41, 5.74) is 2.39. The number of anilines is 1. The minimum atomic E-state index is 0. The van der Waals surface area contributed by atoms with Crippen LogP contribution < -0.4 is 36.6 Å². The lowest BCUT2D eigenvalue weighted by atomic mass is 10.1. The van der Waals surface area contributed by atoms with Gasteiger partial charge in [0.15, 0.2) is 12.2 Å². The van der Waals surface area contributed by atoms with E-state index in [-0.39, 0.29) is 24.0 Å². The molecule has 34 heavy (non-hydrogen) atoms. The molecule has 0 spiro atoms. The fraction of sp³-hybridized carbons (Fsp3) is 0.200. The molecule has 0 aliphatic carbocycles. The molecule has 0 saturated carbocycles. The normalized spacial score (nSPS) is 15.9. The lowest BCUT2D eigenvalue weighted by Gasteiger charge is -2.12. The van der Waals surface area contributed by atoms with E-state index in [0.717, 1.165) is 29.8 Å². The smallest absolute Gasteiger partial charge is 0.271 e. The summed E-state index contributed by atoms with van der Waals surface area (Å²) in [5.74, 6) is 0. The zero-order valence-corrected chi connectivity index (χ0v) is 22.8. The Labute approximate surface area is 221 Å². The molecule has 1 aliphatic rings. The lowest BCUT2D eigenvalue weighted by Crippen LogP contribution is -3.00. The molecule has 2 aromatic heterocycles. The Kier molecular flexibility index (Phi) is 7.60. The van der Waals surface area contributed by atoms with Crippen molar-refractivity contribution in [2.24, 2.45) is 0 Å². The number of hydrogen-bond acceptors (Lipinski definition) is 5. The average Bonchev–Trinajstić information content (AvgIpc) is 3.50. The molecule has 0 radical (unpaired) electrons. The fourth-order valence-corrected chi connectivity index (χ4v) is 7.68. The van der Waals surface area contributed by atoms with Crippen LogP contribution in [-0.2, 0) is 6.54 Å². The molecule has 3 heterocycles. The third-order valence-electron chi connectivity index (χ3n) is 5.83. The summed E-state index contributed by atoms with van der Waals surface area (Å²) in [4.78, 5) is 16.6. The monoisotopic (exact) mass is 547 g/mol. The molecular weight excluding hydrogens is 525 g/mol. The second-order valence-corrected chi connectivity index (χ2v) is 11.2. The molecule has 2 aromatic carbocycles. The SMILES string of the molecule is CCn1c(=O)/c(=C2\Sc3cc(Cl)ccc3N2C)s/c1=C\c1scc[n+]1[C@H](C)c1ccccc1.[Cl-]. The molecule has 0 N–H and O–H groups in total. The standard InChI is InChI=1S/C25H23ClN3OS3.ClH/c1-4-28-22(15-21-29(12-13-31-21)16(2)17-8-6-5-7-9-17)33-23(24(28)30)25-27(3)19-11-10-18(26)14-20(19)32-25;/h5-16H,4H2,1-3H3;1H/q+1;/p-1/b25-23+;/t16-;/m1./s1. The lowest BCUT2D eigenvalue weighted by molar-refractivity contribution is -0.707. The summed E-state index contributed by atoms with van der Waals surface area (Å²) >= 11 is 11.1. The maximum Gasteiger partial charge on any atom is 0.271 e. The van der Waals surface area contributed by atoms with E-state index in [4.69, 9.17) is 11.6 Å². The van der Waals surface area contributed by atoms with Gasteiger partial charge in [-0.2, -0.15) is 4.57 Å². The van der Waals surface area contributed by atoms with Gasteiger partial charge in [0, 0.05) is 36.0 Å². The van der Waals surface area contributed by atoms with E-state index < -0.39 is 0 Å². The van der Waals surface area contributed by atoms with Gasteiger partial charge in [0.05, 0.1) is 17.1 Å². The van der Waals surface area contributed by atoms with Crippen molar-refractivity contribution in [2.75, 3.05) is 11.9 Å². The molecule has 0 fully saturated rings. The first-order chi connectivity index (χ1) is 16.0. The molecule has 0 bridgehead atoms. The predicted octanol–water partition coefficient (Wildman–Crippen LogP) is 1.68. The fourth-order valence-electron chi connectivity index (χ4n) is 4.02. The molecule has 9 heteroatoms. The van der Waals surface area contributed by atoms with Crippen LogP contribution in [0.5, 0.6) is 0 Å². The Morgan fingerprint density at radius 1 is 1.18 bits per heavy atom. The second kappa shape index (κ2) is 10.3. The van der Waals surface area contributed by atoms with Crippen LogP contribution in [0.15, 0.2) is 69.8 Å². The third-order valence-corrected chi connectivity index (χ3v) is 9.36. The van der Waals surface area contributed by atoms with Gasteiger partial charge in [0.1, 0.15) is 14.2 Å². The highest BCUT2D eigenvalue weighted by molar-refractivity contribution is 8.08. The molecule has 0 saturated heterocycles. The summed E-state index contributed by atoms with van der Waals surface area (Å²) < 4.78 is 5.87. The van der Waals surface area contributed by atoms with Crippen molar-refractivity contribution in [3.63, 3.8) is 0 Å². The molecule has 1 aliphatic heterocycles. The van der Waals surface area contributed by atoms with Gasteiger partial charge in [-0.1, -0.05) is 65.0 Å². The molecule has 5 rings (SSSR count). The first-order valence-corrected chi connectivity index (χ1v) is 13.6. The topological polar surface area (TPSA) is 29.1 Å². The van der Waals surface area contributed by atoms with Crippen LogP contribution in [0.4, 0.5) is 5.69 Å². The highest BCUT2D eigenvalue weighted by Gasteiger charge is 2.25. The Bertz CT molecular complexity index is 1510. The van der Waals surface area contributed by atoms with E-state index in [0.29, 0.717) is 11.6 Å². The van der Waals surface area contributed by atoms with E-state index in [2.05, 4.69) is 58.3 Å². The summed E-state index contributed by atoms with van der Waals surface area (Å²) in [6.07, 6.45) is 4.26. The number of thiazole rings is 2. The van der Waals surface area contributed by atoms with E-state index in [1.54, 1.807) is 34.4 Å². The molecule has 4 aromatic rings. The number of aromatic nitrogens is 2. The van der Waals surface area contributed by atoms with Crippen LogP contribution in [0.3, 0.4) is 0 Å². The molecule has 4 nitrogen and oxygen atoms in total. The van der Waals surface area contributed by atoms with Gasteiger partial charge < -0.3 is 17.3 Å². The van der Waals surface area contributed by atoms with E-state index >= 15 is 0 Å². The van der Waals surface area contributed by atoms with Crippen molar-refractivity contribution in [3.05, 3.63) is 95.3 Å². The van der Waals surface area contributed by atoms with E-state index in [9.17, 15) is 4.79 Å². The average molecular weight is 549 g/mol. The molecule has 0 amide bonds. The van der Waals surface area contributed by atoms with Crippen molar-refractivity contribution in [1.82, 2.24) is 4.57 Å². The Morgan fingerprint density at radius 3 is 2.68 bits per heavy atom. The summed E-state index contributed by atoms with van der Waals surface area (Å²) in [6, 6.07) is 16.5. The Morgan fingerprint density at radius 2 is 1.94 bits per heavy atom. The maximum absolute atomic E-state index is 13.4. The maximum atomic E-state index is 13.4. The highest BCUT2D eigenvalue weighted by atomic mass is 35.5. The molecule has 0 unspecified atom stereocenters. The minimum Gasteiger partial charge on any atom is -1.00 e. The van der Waals surface area contributed by atoms with E-state index in [1.807, 2.05) is 42.8 Å². The summed E-state index contributed by atoms with van der Waals surface area (Å²) in [7, 11) is 2.01. The van der Waals surface area contributed by atoms with Crippen LogP contribution in [0.1, 0.15) is 30.5 Å². The number of nitrogens with zero attached hydrogens (tertiary/aromatic N) is 3. The number of thioether (sulfide) groups is 1. The van der Waals surface area contributed by atoms with Crippen molar-refractivity contribution in [3.8, 4) is 0 Å². The van der Waals surface area contributed by atoms with Crippen molar-refractivity contribution in [1.29, 1.82) is 0 Å². The van der Waals surface area contributed by atoms with Gasteiger partial charge in [-0.3, -0.25) is 9.36 Å². The van der Waals surface area contributed by atoms with Crippen LogP contribution >= 0.6 is 46.0 Å². The van der Waals surface area contributed by atoms with Gasteiger partial charge >= 0.3 is 0 Å². The van der Waals surface area contributed by atoms with Crippen LogP contribution in [0.25, 0.3) is 11.1 Å². The van der Waals surface area contributed by atoms with Crippen LogP contribution in [-0.4, -0.2) is 11.6 Å². The zero-order chi connectivity index (χ0) is 23.1. The number of rotatable bonds is 4. The van der Waals surface area contributed by atoms with Crippen molar-refractivity contribution < 1.29 is 17.0 Å². The Hall–Kier alpha value is -2.03. The Balaban J connectivity index is 0.00000274. The van der Waals surface area contributed by atoms with E-state index in [1.165, 1.54) is 5.56 Å². The largest absolute Gasteiger partial charge is 1.00 e.